The first kappa shape index (κ1) is 16.4. The molecule has 1 aliphatic rings. The number of benzene rings is 1. The number of ketones is 1. The van der Waals surface area contributed by atoms with Gasteiger partial charge in [0.25, 0.3) is 0 Å². The zero-order chi connectivity index (χ0) is 16.2. The van der Waals surface area contributed by atoms with Crippen LogP contribution in [0.1, 0.15) is 39.7 Å². The predicted molar refractivity (Wildman–Crippen MR) is 93.8 cm³/mol. The van der Waals surface area contributed by atoms with E-state index in [9.17, 15) is 9.90 Å². The van der Waals surface area contributed by atoms with E-state index in [1.165, 1.54) is 17.5 Å². The molecule has 1 aromatic carbocycles. The van der Waals surface area contributed by atoms with Crippen LogP contribution in [0.15, 0.2) is 35.7 Å². The van der Waals surface area contributed by atoms with Gasteiger partial charge in [-0.05, 0) is 60.4 Å². The number of Topliss-reactive ketones (excluding diaryl/α,β-unsaturated/α-hetero) is 1. The number of hydrogen-bond donors (Lipinski definition) is 1. The van der Waals surface area contributed by atoms with E-state index >= 15 is 0 Å². The minimum atomic E-state index is 0.112. The first-order chi connectivity index (χ1) is 11.1. The lowest BCUT2D eigenvalue weighted by molar-refractivity contribution is 0.102. The standard InChI is InChI=1S/C19H23NO2S/c1-14(22)19-9-18(13-23-19)11-20-6-5-16(10-20)7-15-3-2-4-17(8-15)12-21/h2-4,8-9,13,16,21H,5-7,10-12H2,1H3/t16-/m1/s1. The minimum Gasteiger partial charge on any atom is -0.392 e. The Morgan fingerprint density at radius 2 is 2.13 bits per heavy atom. The molecule has 2 aromatic rings. The molecule has 0 amide bonds. The zero-order valence-electron chi connectivity index (χ0n) is 13.5. The molecule has 122 valence electrons. The first-order valence-corrected chi connectivity index (χ1v) is 9.01. The van der Waals surface area contributed by atoms with Crippen LogP contribution in [0.5, 0.6) is 0 Å². The van der Waals surface area contributed by atoms with Gasteiger partial charge in [0, 0.05) is 13.1 Å². The number of rotatable bonds is 6. The molecule has 0 saturated carbocycles. The SMILES string of the molecule is CC(=O)c1cc(CN2CC[C@H](Cc3cccc(CO)c3)C2)cs1. The quantitative estimate of drug-likeness (QED) is 0.825. The highest BCUT2D eigenvalue weighted by molar-refractivity contribution is 7.12. The van der Waals surface area contributed by atoms with Crippen LogP contribution in [0.25, 0.3) is 0 Å². The molecule has 4 heteroatoms. The molecule has 0 radical (unpaired) electrons. The summed E-state index contributed by atoms with van der Waals surface area (Å²) in [6.07, 6.45) is 2.29. The average molecular weight is 329 g/mol. The second kappa shape index (κ2) is 7.39. The number of nitrogens with zero attached hydrogens (tertiary/aromatic N) is 1. The third kappa shape index (κ3) is 4.28. The second-order valence-corrected chi connectivity index (χ2v) is 7.36. The van der Waals surface area contributed by atoms with Crippen molar-refractivity contribution in [2.75, 3.05) is 13.1 Å². The Hall–Kier alpha value is -1.49. The van der Waals surface area contributed by atoms with Crippen LogP contribution in [-0.4, -0.2) is 28.9 Å². The molecule has 0 bridgehead atoms. The van der Waals surface area contributed by atoms with E-state index in [-0.39, 0.29) is 12.4 Å². The van der Waals surface area contributed by atoms with Crippen LogP contribution in [0.3, 0.4) is 0 Å². The van der Waals surface area contributed by atoms with Crippen LogP contribution in [0.4, 0.5) is 0 Å². The molecule has 3 nitrogen and oxygen atoms in total. The molecule has 0 spiro atoms. The van der Waals surface area contributed by atoms with Crippen molar-refractivity contribution in [3.8, 4) is 0 Å². The lowest BCUT2D eigenvalue weighted by Crippen LogP contribution is -2.20. The maximum atomic E-state index is 11.4. The maximum Gasteiger partial charge on any atom is 0.169 e. The Kier molecular flexibility index (Phi) is 5.26. The zero-order valence-corrected chi connectivity index (χ0v) is 14.3. The van der Waals surface area contributed by atoms with Crippen molar-refractivity contribution in [1.82, 2.24) is 4.90 Å². The molecule has 1 aromatic heterocycles. The molecule has 0 aliphatic carbocycles. The highest BCUT2D eigenvalue weighted by Gasteiger charge is 2.23. The fourth-order valence-electron chi connectivity index (χ4n) is 3.31. The van der Waals surface area contributed by atoms with E-state index in [0.29, 0.717) is 5.92 Å². The van der Waals surface area contributed by atoms with Crippen LogP contribution >= 0.6 is 11.3 Å². The number of carbonyl (C=O) groups excluding carboxylic acids is 1. The van der Waals surface area contributed by atoms with Gasteiger partial charge in [-0.2, -0.15) is 0 Å². The van der Waals surface area contributed by atoms with Crippen LogP contribution in [0, 0.1) is 5.92 Å². The number of aliphatic hydroxyl groups excluding tert-OH is 1. The number of thiophene rings is 1. The van der Waals surface area contributed by atoms with Crippen molar-refractivity contribution in [3.63, 3.8) is 0 Å². The normalized spacial score (nSPS) is 18.4. The van der Waals surface area contributed by atoms with Crippen molar-refractivity contribution in [3.05, 3.63) is 57.3 Å². The Morgan fingerprint density at radius 3 is 2.87 bits per heavy atom. The third-order valence-electron chi connectivity index (χ3n) is 4.48. The highest BCUT2D eigenvalue weighted by atomic mass is 32.1. The summed E-state index contributed by atoms with van der Waals surface area (Å²) in [4.78, 5) is 14.7. The molecule has 1 atom stereocenters. The summed E-state index contributed by atoms with van der Waals surface area (Å²) in [6.45, 7) is 4.91. The van der Waals surface area contributed by atoms with Crippen molar-refractivity contribution < 1.29 is 9.90 Å². The minimum absolute atomic E-state index is 0.112. The van der Waals surface area contributed by atoms with Gasteiger partial charge in [0.05, 0.1) is 11.5 Å². The summed E-state index contributed by atoms with van der Waals surface area (Å²) in [6, 6.07) is 10.3. The van der Waals surface area contributed by atoms with Gasteiger partial charge in [0.1, 0.15) is 0 Å². The Labute approximate surface area is 141 Å². The average Bonchev–Trinajstić information content (AvgIpc) is 3.18. The van der Waals surface area contributed by atoms with Crippen LogP contribution in [0.2, 0.25) is 0 Å². The fraction of sp³-hybridized carbons (Fsp3) is 0.421. The Morgan fingerprint density at radius 1 is 1.30 bits per heavy atom. The molecule has 0 unspecified atom stereocenters. The molecule has 1 N–H and O–H groups in total. The smallest absolute Gasteiger partial charge is 0.169 e. The van der Waals surface area contributed by atoms with E-state index in [1.54, 1.807) is 18.3 Å². The van der Waals surface area contributed by atoms with Crippen molar-refractivity contribution in [1.29, 1.82) is 0 Å². The molecular weight excluding hydrogens is 306 g/mol. The van der Waals surface area contributed by atoms with Gasteiger partial charge < -0.3 is 5.11 Å². The molecule has 2 heterocycles. The summed E-state index contributed by atoms with van der Waals surface area (Å²) >= 11 is 1.55. The molecular formula is C19H23NO2S. The summed E-state index contributed by atoms with van der Waals surface area (Å²) in [5.74, 6) is 0.833. The largest absolute Gasteiger partial charge is 0.392 e. The van der Waals surface area contributed by atoms with E-state index in [0.717, 1.165) is 36.5 Å². The summed E-state index contributed by atoms with van der Waals surface area (Å²) in [5.41, 5.74) is 3.56. The molecule has 23 heavy (non-hydrogen) atoms. The third-order valence-corrected chi connectivity index (χ3v) is 5.56. The van der Waals surface area contributed by atoms with Crippen LogP contribution < -0.4 is 0 Å². The monoisotopic (exact) mass is 329 g/mol. The first-order valence-electron chi connectivity index (χ1n) is 8.13. The molecule has 1 fully saturated rings. The highest BCUT2D eigenvalue weighted by Crippen LogP contribution is 2.24. The van der Waals surface area contributed by atoms with Crippen molar-refractivity contribution >= 4 is 17.1 Å². The summed E-state index contributed by atoms with van der Waals surface area (Å²) in [5, 5.41) is 11.3. The Bertz CT molecular complexity index is 680. The van der Waals surface area contributed by atoms with Crippen molar-refractivity contribution in [2.24, 2.45) is 5.92 Å². The number of aliphatic hydroxyl groups is 1. The van der Waals surface area contributed by atoms with Crippen molar-refractivity contribution in [2.45, 2.75) is 32.9 Å². The number of hydrogen-bond acceptors (Lipinski definition) is 4. The fourth-order valence-corrected chi connectivity index (χ4v) is 4.12. The summed E-state index contributed by atoms with van der Waals surface area (Å²) in [7, 11) is 0. The summed E-state index contributed by atoms with van der Waals surface area (Å²) < 4.78 is 0. The topological polar surface area (TPSA) is 40.5 Å². The van der Waals surface area contributed by atoms with Gasteiger partial charge in [-0.15, -0.1) is 11.3 Å². The van der Waals surface area contributed by atoms with E-state index in [4.69, 9.17) is 0 Å². The van der Waals surface area contributed by atoms with Gasteiger partial charge in [0.2, 0.25) is 0 Å². The maximum absolute atomic E-state index is 11.4. The number of likely N-dealkylation sites (tertiary alicyclic amines) is 1. The van der Waals surface area contributed by atoms with Gasteiger partial charge in [-0.25, -0.2) is 0 Å². The van der Waals surface area contributed by atoms with Gasteiger partial charge in [-0.3, -0.25) is 9.69 Å². The second-order valence-electron chi connectivity index (χ2n) is 6.45. The van der Waals surface area contributed by atoms with E-state index < -0.39 is 0 Å². The molecule has 3 rings (SSSR count). The van der Waals surface area contributed by atoms with E-state index in [2.05, 4.69) is 22.4 Å². The van der Waals surface area contributed by atoms with Gasteiger partial charge >= 0.3 is 0 Å². The van der Waals surface area contributed by atoms with Gasteiger partial charge in [0.15, 0.2) is 5.78 Å². The molecule has 1 saturated heterocycles. The number of carbonyl (C=O) groups is 1. The molecule has 1 aliphatic heterocycles. The lowest BCUT2D eigenvalue weighted by Gasteiger charge is -2.15. The van der Waals surface area contributed by atoms with Gasteiger partial charge in [-0.1, -0.05) is 24.3 Å². The predicted octanol–water partition coefficient (Wildman–Crippen LogP) is 3.51. The van der Waals surface area contributed by atoms with Crippen LogP contribution in [-0.2, 0) is 19.6 Å². The lowest BCUT2D eigenvalue weighted by atomic mass is 9.97. The van der Waals surface area contributed by atoms with E-state index in [1.807, 2.05) is 18.2 Å². The Balaban J connectivity index is 1.54.